The second kappa shape index (κ2) is 5.64. The van der Waals surface area contributed by atoms with Gasteiger partial charge >= 0.3 is 0 Å². The molecule has 0 aliphatic carbocycles. The maximum atomic E-state index is 11.2. The molecule has 1 aliphatic heterocycles. The minimum absolute atomic E-state index is 0.00671. The lowest BCUT2D eigenvalue weighted by atomic mass is 9.79. The Morgan fingerprint density at radius 2 is 1.94 bits per heavy atom. The molecule has 1 aliphatic rings. The number of rotatable bonds is 3. The topological polar surface area (TPSA) is 58.6 Å². The van der Waals surface area contributed by atoms with Crippen molar-refractivity contribution < 1.29 is 14.6 Å². The molecular weight excluding hydrogens is 206 g/mol. The number of hydrogen-bond donors (Lipinski definition) is 2. The molecule has 2 N–H and O–H groups in total. The fourth-order valence-electron chi connectivity index (χ4n) is 2.46. The molecule has 16 heavy (non-hydrogen) atoms. The predicted octanol–water partition coefficient (Wildman–Crippen LogP) is 0.933. The van der Waals surface area contributed by atoms with Crippen molar-refractivity contribution in [3.8, 4) is 0 Å². The fourth-order valence-corrected chi connectivity index (χ4v) is 2.46. The van der Waals surface area contributed by atoms with Crippen LogP contribution in [0, 0.1) is 11.8 Å². The van der Waals surface area contributed by atoms with E-state index >= 15 is 0 Å². The zero-order chi connectivity index (χ0) is 12.3. The number of carbonyl (C=O) groups is 1. The summed E-state index contributed by atoms with van der Waals surface area (Å²) in [7, 11) is 0. The molecule has 0 aromatic carbocycles. The predicted molar refractivity (Wildman–Crippen MR) is 62.0 cm³/mol. The molecule has 0 aromatic rings. The van der Waals surface area contributed by atoms with Crippen molar-refractivity contribution in [2.24, 2.45) is 11.8 Å². The van der Waals surface area contributed by atoms with E-state index in [-0.39, 0.29) is 36.7 Å². The van der Waals surface area contributed by atoms with E-state index in [0.717, 1.165) is 6.42 Å². The van der Waals surface area contributed by atoms with Crippen LogP contribution >= 0.6 is 0 Å². The van der Waals surface area contributed by atoms with E-state index in [1.165, 1.54) is 6.92 Å². The summed E-state index contributed by atoms with van der Waals surface area (Å²) in [5.41, 5.74) is 0. The number of ether oxygens (including phenoxy) is 1. The van der Waals surface area contributed by atoms with Crippen LogP contribution in [0.15, 0.2) is 0 Å². The number of nitrogens with one attached hydrogen (secondary N) is 1. The molecule has 1 heterocycles. The lowest BCUT2D eigenvalue weighted by molar-refractivity contribution is -0.145. The summed E-state index contributed by atoms with van der Waals surface area (Å²) in [5, 5.41) is 12.2. The highest BCUT2D eigenvalue weighted by Crippen LogP contribution is 2.31. The Labute approximate surface area is 97.4 Å². The molecule has 0 saturated carbocycles. The second-order valence-electron chi connectivity index (χ2n) is 4.75. The van der Waals surface area contributed by atoms with Crippen LogP contribution in [0.25, 0.3) is 0 Å². The number of amides is 1. The molecule has 1 fully saturated rings. The summed E-state index contributed by atoms with van der Waals surface area (Å²) in [4.78, 5) is 11.2. The van der Waals surface area contributed by atoms with Crippen LogP contribution in [-0.2, 0) is 9.53 Å². The molecule has 4 nitrogen and oxygen atoms in total. The van der Waals surface area contributed by atoms with Gasteiger partial charge in [-0.1, -0.05) is 20.8 Å². The van der Waals surface area contributed by atoms with Gasteiger partial charge in [0.2, 0.25) is 5.91 Å². The molecule has 94 valence electrons. The third kappa shape index (κ3) is 2.74. The molecule has 1 amide bonds. The first-order valence-corrected chi connectivity index (χ1v) is 6.04. The van der Waals surface area contributed by atoms with Gasteiger partial charge in [0.05, 0.1) is 24.9 Å². The molecule has 0 radical (unpaired) electrons. The zero-order valence-electron chi connectivity index (χ0n) is 10.6. The Balaban J connectivity index is 2.77. The number of aliphatic hydroxyl groups excluding tert-OH is 1. The van der Waals surface area contributed by atoms with Crippen molar-refractivity contribution in [2.75, 3.05) is 6.61 Å². The summed E-state index contributed by atoms with van der Waals surface area (Å²) >= 11 is 0. The standard InChI is InChI=1S/C12H23NO3/c1-5-10-12(13-9(4)15)8(3)7(2)11(6-14)16-10/h7-8,10-12,14H,5-6H2,1-4H3,(H,13,15)/t7-,8-,10-,11+,12?/m0/s1. The lowest BCUT2D eigenvalue weighted by Crippen LogP contribution is -2.57. The smallest absolute Gasteiger partial charge is 0.217 e. The van der Waals surface area contributed by atoms with Crippen molar-refractivity contribution in [1.82, 2.24) is 5.32 Å². The minimum Gasteiger partial charge on any atom is -0.394 e. The molecule has 4 heteroatoms. The molecule has 0 aromatic heterocycles. The highest BCUT2D eigenvalue weighted by atomic mass is 16.5. The molecule has 0 spiro atoms. The lowest BCUT2D eigenvalue weighted by Gasteiger charge is -2.44. The molecule has 1 unspecified atom stereocenters. The van der Waals surface area contributed by atoms with Gasteiger partial charge in [0.1, 0.15) is 0 Å². The molecule has 1 rings (SSSR count). The maximum Gasteiger partial charge on any atom is 0.217 e. The molecule has 0 bridgehead atoms. The first-order valence-electron chi connectivity index (χ1n) is 6.04. The van der Waals surface area contributed by atoms with E-state index in [0.29, 0.717) is 5.92 Å². The quantitative estimate of drug-likeness (QED) is 0.757. The van der Waals surface area contributed by atoms with E-state index < -0.39 is 0 Å². The van der Waals surface area contributed by atoms with Gasteiger partial charge in [0.25, 0.3) is 0 Å². The summed E-state index contributed by atoms with van der Waals surface area (Å²) in [5.74, 6) is 0.554. The van der Waals surface area contributed by atoms with Crippen molar-refractivity contribution in [2.45, 2.75) is 52.4 Å². The normalized spacial score (nSPS) is 39.4. The largest absolute Gasteiger partial charge is 0.394 e. The second-order valence-corrected chi connectivity index (χ2v) is 4.75. The SMILES string of the molecule is CC[C@@H]1O[C@H](CO)[C@@H](C)[C@H](C)C1NC(C)=O. The van der Waals surface area contributed by atoms with Crippen molar-refractivity contribution in [3.05, 3.63) is 0 Å². The molecular formula is C12H23NO3. The molecule has 1 saturated heterocycles. The number of hydrogen-bond acceptors (Lipinski definition) is 3. The zero-order valence-corrected chi connectivity index (χ0v) is 10.6. The average Bonchev–Trinajstić information content (AvgIpc) is 2.25. The Morgan fingerprint density at radius 1 is 1.31 bits per heavy atom. The number of aliphatic hydroxyl groups is 1. The van der Waals surface area contributed by atoms with Gasteiger partial charge in [-0.15, -0.1) is 0 Å². The highest BCUT2D eigenvalue weighted by molar-refractivity contribution is 5.73. The average molecular weight is 229 g/mol. The van der Waals surface area contributed by atoms with Gasteiger partial charge in [-0.3, -0.25) is 4.79 Å². The van der Waals surface area contributed by atoms with E-state index in [9.17, 15) is 9.90 Å². The first kappa shape index (κ1) is 13.5. The van der Waals surface area contributed by atoms with E-state index in [2.05, 4.69) is 19.2 Å². The third-order valence-electron chi connectivity index (χ3n) is 3.68. The first-order chi connectivity index (χ1) is 7.51. The fraction of sp³-hybridized carbons (Fsp3) is 0.917. The maximum absolute atomic E-state index is 11.2. The van der Waals surface area contributed by atoms with E-state index in [1.54, 1.807) is 0 Å². The number of carbonyl (C=O) groups excluding carboxylic acids is 1. The van der Waals surface area contributed by atoms with Crippen LogP contribution in [0.4, 0.5) is 0 Å². The van der Waals surface area contributed by atoms with Gasteiger partial charge in [0, 0.05) is 6.92 Å². The monoisotopic (exact) mass is 229 g/mol. The van der Waals surface area contributed by atoms with Crippen molar-refractivity contribution >= 4 is 5.91 Å². The summed E-state index contributed by atoms with van der Waals surface area (Å²) in [6.07, 6.45) is 0.746. The van der Waals surface area contributed by atoms with Crippen molar-refractivity contribution in [1.29, 1.82) is 0 Å². The summed E-state index contributed by atoms with van der Waals surface area (Å²) in [6, 6.07) is 0.0558. The van der Waals surface area contributed by atoms with Crippen LogP contribution in [0.1, 0.15) is 34.1 Å². The minimum atomic E-state index is -0.107. The van der Waals surface area contributed by atoms with Crippen LogP contribution in [0.2, 0.25) is 0 Å². The van der Waals surface area contributed by atoms with Crippen LogP contribution < -0.4 is 5.32 Å². The van der Waals surface area contributed by atoms with Gasteiger partial charge in [-0.25, -0.2) is 0 Å². The van der Waals surface area contributed by atoms with Crippen LogP contribution in [-0.4, -0.2) is 35.9 Å². The Kier molecular flexibility index (Phi) is 4.74. The Bertz CT molecular complexity index is 242. The van der Waals surface area contributed by atoms with Crippen LogP contribution in [0.3, 0.4) is 0 Å². The summed E-state index contributed by atoms with van der Waals surface area (Å²) < 4.78 is 5.82. The van der Waals surface area contributed by atoms with Crippen LogP contribution in [0.5, 0.6) is 0 Å². The van der Waals surface area contributed by atoms with E-state index in [1.807, 2.05) is 6.92 Å². The Morgan fingerprint density at radius 3 is 2.38 bits per heavy atom. The van der Waals surface area contributed by atoms with Gasteiger partial charge in [-0.05, 0) is 18.3 Å². The van der Waals surface area contributed by atoms with Gasteiger partial charge < -0.3 is 15.2 Å². The van der Waals surface area contributed by atoms with Gasteiger partial charge in [0.15, 0.2) is 0 Å². The summed E-state index contributed by atoms with van der Waals surface area (Å²) in [6.45, 7) is 7.79. The highest BCUT2D eigenvalue weighted by Gasteiger charge is 2.40. The van der Waals surface area contributed by atoms with Gasteiger partial charge in [-0.2, -0.15) is 0 Å². The molecule has 5 atom stereocenters. The van der Waals surface area contributed by atoms with Crippen molar-refractivity contribution in [3.63, 3.8) is 0 Å². The Hall–Kier alpha value is -0.610. The van der Waals surface area contributed by atoms with E-state index in [4.69, 9.17) is 4.74 Å². The third-order valence-corrected chi connectivity index (χ3v) is 3.68.